The molecular weight excluding hydrogens is 242 g/mol. The molecule has 1 aromatic rings. The highest BCUT2D eigenvalue weighted by molar-refractivity contribution is 5.93. The van der Waals surface area contributed by atoms with Gasteiger partial charge in [0.15, 0.2) is 0 Å². The molecule has 0 heterocycles. The highest BCUT2D eigenvalue weighted by Gasteiger charge is 2.17. The van der Waals surface area contributed by atoms with Gasteiger partial charge < -0.3 is 16.2 Å². The molecule has 5 nitrogen and oxygen atoms in total. The smallest absolute Gasteiger partial charge is 0.238 e. The lowest BCUT2D eigenvalue weighted by Gasteiger charge is -2.25. The van der Waals surface area contributed by atoms with Crippen LogP contribution in [0.1, 0.15) is 19.4 Å². The summed E-state index contributed by atoms with van der Waals surface area (Å²) >= 11 is 0. The molecule has 0 bridgehead atoms. The fourth-order valence-corrected chi connectivity index (χ4v) is 1.98. The first kappa shape index (κ1) is 15.5. The Morgan fingerprint density at radius 3 is 2.63 bits per heavy atom. The second kappa shape index (κ2) is 6.04. The van der Waals surface area contributed by atoms with Crippen molar-refractivity contribution in [3.05, 3.63) is 23.8 Å². The minimum atomic E-state index is -0.813. The maximum Gasteiger partial charge on any atom is 0.238 e. The monoisotopic (exact) mass is 265 g/mol. The molecule has 0 aliphatic heterocycles. The van der Waals surface area contributed by atoms with Gasteiger partial charge in [-0.1, -0.05) is 0 Å². The lowest BCUT2D eigenvalue weighted by Crippen LogP contribution is -2.40. The molecular formula is C14H23N3O2. The fraction of sp³-hybridized carbons (Fsp3) is 0.500. The first-order chi connectivity index (χ1) is 8.67. The number of carbonyl (C=O) groups is 1. The van der Waals surface area contributed by atoms with Crippen molar-refractivity contribution in [3.63, 3.8) is 0 Å². The summed E-state index contributed by atoms with van der Waals surface area (Å²) in [7, 11) is 1.80. The average Bonchev–Trinajstić information content (AvgIpc) is 2.19. The van der Waals surface area contributed by atoms with E-state index in [1.807, 2.05) is 13.0 Å². The summed E-state index contributed by atoms with van der Waals surface area (Å²) in [6.07, 6.45) is 0. The number of anilines is 2. The van der Waals surface area contributed by atoms with Gasteiger partial charge in [-0.15, -0.1) is 0 Å². The Morgan fingerprint density at radius 2 is 2.11 bits per heavy atom. The van der Waals surface area contributed by atoms with Crippen LogP contribution in [0.4, 0.5) is 11.4 Å². The van der Waals surface area contributed by atoms with E-state index >= 15 is 0 Å². The summed E-state index contributed by atoms with van der Waals surface area (Å²) < 4.78 is 0. The van der Waals surface area contributed by atoms with E-state index in [1.54, 1.807) is 37.9 Å². The van der Waals surface area contributed by atoms with Gasteiger partial charge in [0, 0.05) is 17.9 Å². The quantitative estimate of drug-likeness (QED) is 0.699. The second-order valence-corrected chi connectivity index (χ2v) is 5.61. The van der Waals surface area contributed by atoms with Crippen LogP contribution in [0, 0.1) is 6.92 Å². The van der Waals surface area contributed by atoms with Crippen LogP contribution in [0.5, 0.6) is 0 Å². The number of nitrogens with two attached hydrogens (primary N) is 1. The Kier molecular flexibility index (Phi) is 4.91. The molecule has 0 aliphatic rings. The Balaban J connectivity index is 2.56. The van der Waals surface area contributed by atoms with Gasteiger partial charge in [-0.2, -0.15) is 0 Å². The molecule has 0 spiro atoms. The van der Waals surface area contributed by atoms with E-state index in [0.29, 0.717) is 12.2 Å². The number of nitrogen functional groups attached to an aromatic ring is 1. The average molecular weight is 265 g/mol. The zero-order valence-corrected chi connectivity index (χ0v) is 12.0. The van der Waals surface area contributed by atoms with Gasteiger partial charge in [0.2, 0.25) is 5.91 Å². The number of nitrogens with zero attached hydrogens (tertiary/aromatic N) is 1. The predicted octanol–water partition coefficient (Wildman–Crippen LogP) is 1.22. The van der Waals surface area contributed by atoms with E-state index in [4.69, 9.17) is 5.73 Å². The van der Waals surface area contributed by atoms with Crippen molar-refractivity contribution in [1.29, 1.82) is 0 Å². The maximum atomic E-state index is 11.9. The van der Waals surface area contributed by atoms with Crippen molar-refractivity contribution in [3.8, 4) is 0 Å². The van der Waals surface area contributed by atoms with Crippen LogP contribution in [0.3, 0.4) is 0 Å². The highest BCUT2D eigenvalue weighted by Crippen LogP contribution is 2.17. The van der Waals surface area contributed by atoms with Crippen LogP contribution < -0.4 is 11.1 Å². The SMILES string of the molecule is Cc1cc(N)ccc1NC(=O)CN(C)CC(C)(C)O. The van der Waals surface area contributed by atoms with Crippen LogP contribution in [0.2, 0.25) is 0 Å². The molecule has 5 heteroatoms. The Bertz CT molecular complexity index is 452. The fourth-order valence-electron chi connectivity index (χ4n) is 1.98. The van der Waals surface area contributed by atoms with Gasteiger partial charge in [0.1, 0.15) is 0 Å². The molecule has 4 N–H and O–H groups in total. The molecule has 1 aromatic carbocycles. The number of hydrogen-bond donors (Lipinski definition) is 3. The van der Waals surface area contributed by atoms with Crippen molar-refractivity contribution in [2.24, 2.45) is 0 Å². The predicted molar refractivity (Wildman–Crippen MR) is 78.0 cm³/mol. The van der Waals surface area contributed by atoms with Gasteiger partial charge in [0.05, 0.1) is 12.1 Å². The van der Waals surface area contributed by atoms with E-state index < -0.39 is 5.60 Å². The molecule has 0 radical (unpaired) electrons. The van der Waals surface area contributed by atoms with Crippen molar-refractivity contribution in [1.82, 2.24) is 4.90 Å². The minimum absolute atomic E-state index is 0.111. The zero-order valence-electron chi connectivity index (χ0n) is 12.0. The van der Waals surface area contributed by atoms with E-state index in [-0.39, 0.29) is 12.5 Å². The summed E-state index contributed by atoms with van der Waals surface area (Å²) in [5.74, 6) is -0.111. The zero-order chi connectivity index (χ0) is 14.6. The van der Waals surface area contributed by atoms with Gasteiger partial charge in [-0.25, -0.2) is 0 Å². The third-order valence-corrected chi connectivity index (χ3v) is 2.59. The normalized spacial score (nSPS) is 11.7. The van der Waals surface area contributed by atoms with Crippen LogP contribution in [-0.2, 0) is 4.79 Å². The van der Waals surface area contributed by atoms with Crippen molar-refractivity contribution < 1.29 is 9.90 Å². The molecule has 0 saturated carbocycles. The molecule has 19 heavy (non-hydrogen) atoms. The highest BCUT2D eigenvalue weighted by atomic mass is 16.3. The minimum Gasteiger partial charge on any atom is -0.399 e. The van der Waals surface area contributed by atoms with Crippen molar-refractivity contribution in [2.45, 2.75) is 26.4 Å². The summed E-state index contributed by atoms with van der Waals surface area (Å²) in [6, 6.07) is 5.36. The Labute approximate surface area is 114 Å². The lowest BCUT2D eigenvalue weighted by molar-refractivity contribution is -0.117. The number of likely N-dealkylation sites (N-methyl/N-ethyl adjacent to an activating group) is 1. The van der Waals surface area contributed by atoms with E-state index in [9.17, 15) is 9.90 Å². The topological polar surface area (TPSA) is 78.6 Å². The molecule has 0 fully saturated rings. The van der Waals surface area contributed by atoms with Crippen LogP contribution in [0.15, 0.2) is 18.2 Å². The van der Waals surface area contributed by atoms with E-state index in [2.05, 4.69) is 5.32 Å². The van der Waals surface area contributed by atoms with Crippen LogP contribution in [0.25, 0.3) is 0 Å². The number of benzene rings is 1. The Morgan fingerprint density at radius 1 is 1.47 bits per heavy atom. The standard InChI is InChI=1S/C14H23N3O2/c1-10-7-11(15)5-6-12(10)16-13(18)8-17(4)9-14(2,3)19/h5-7,19H,8-9,15H2,1-4H3,(H,16,18). The number of carbonyl (C=O) groups excluding carboxylic acids is 1. The first-order valence-corrected chi connectivity index (χ1v) is 6.24. The Hall–Kier alpha value is -1.59. The van der Waals surface area contributed by atoms with Gasteiger partial charge in [-0.05, 0) is 51.6 Å². The van der Waals surface area contributed by atoms with Gasteiger partial charge in [-0.3, -0.25) is 9.69 Å². The number of amides is 1. The van der Waals surface area contributed by atoms with Crippen LogP contribution in [-0.4, -0.2) is 41.7 Å². The summed E-state index contributed by atoms with van der Waals surface area (Å²) in [6.45, 7) is 5.98. The van der Waals surface area contributed by atoms with E-state index in [0.717, 1.165) is 11.3 Å². The second-order valence-electron chi connectivity index (χ2n) is 5.61. The third-order valence-electron chi connectivity index (χ3n) is 2.59. The summed E-state index contributed by atoms with van der Waals surface area (Å²) in [5, 5.41) is 12.5. The van der Waals surface area contributed by atoms with Crippen LogP contribution >= 0.6 is 0 Å². The molecule has 1 rings (SSSR count). The van der Waals surface area contributed by atoms with E-state index in [1.165, 1.54) is 0 Å². The number of hydrogen-bond acceptors (Lipinski definition) is 4. The molecule has 0 unspecified atom stereocenters. The molecule has 0 aliphatic carbocycles. The summed E-state index contributed by atoms with van der Waals surface area (Å²) in [5.41, 5.74) is 7.21. The summed E-state index contributed by atoms with van der Waals surface area (Å²) in [4.78, 5) is 13.7. The lowest BCUT2D eigenvalue weighted by atomic mass is 10.1. The molecule has 0 saturated heterocycles. The number of aryl methyl sites for hydroxylation is 1. The van der Waals surface area contributed by atoms with Gasteiger partial charge >= 0.3 is 0 Å². The largest absolute Gasteiger partial charge is 0.399 e. The maximum absolute atomic E-state index is 11.9. The number of aliphatic hydroxyl groups is 1. The van der Waals surface area contributed by atoms with Crippen molar-refractivity contribution in [2.75, 3.05) is 31.2 Å². The van der Waals surface area contributed by atoms with Crippen molar-refractivity contribution >= 4 is 17.3 Å². The van der Waals surface area contributed by atoms with Gasteiger partial charge in [0.25, 0.3) is 0 Å². The molecule has 0 aromatic heterocycles. The molecule has 1 amide bonds. The third kappa shape index (κ3) is 5.72. The first-order valence-electron chi connectivity index (χ1n) is 6.24. The number of nitrogens with one attached hydrogen (secondary N) is 1. The molecule has 106 valence electrons. The molecule has 0 atom stereocenters. The number of rotatable bonds is 5.